The number of carbonyl (C=O) groups excluding carboxylic acids is 2. The zero-order valence-corrected chi connectivity index (χ0v) is 14.9. The Balaban J connectivity index is 1.79. The minimum atomic E-state index is -1.04. The number of hydrogen-bond acceptors (Lipinski definition) is 3. The van der Waals surface area contributed by atoms with Crippen molar-refractivity contribution in [1.82, 2.24) is 4.90 Å². The van der Waals surface area contributed by atoms with Crippen LogP contribution in [0.5, 0.6) is 0 Å². The summed E-state index contributed by atoms with van der Waals surface area (Å²) in [5, 5.41) is 9.25. The van der Waals surface area contributed by atoms with Crippen molar-refractivity contribution in [1.29, 1.82) is 0 Å². The quantitative estimate of drug-likeness (QED) is 0.776. The molecule has 6 nitrogen and oxygen atoms in total. The van der Waals surface area contributed by atoms with Gasteiger partial charge in [0, 0.05) is 22.7 Å². The first-order valence-electron chi connectivity index (χ1n) is 8.02. The van der Waals surface area contributed by atoms with Crippen LogP contribution in [0, 0.1) is 5.92 Å². The molecule has 1 aliphatic heterocycles. The standard InChI is InChI=1S/C17H19BrN2O4/c1-10(17(23)24)20(12-5-6-12)16(22)14-7-8-19(15(14)21)13-4-2-3-11(18)9-13/h2-4,9-10,12,14H,5-8H2,1H3,(H,23,24). The summed E-state index contributed by atoms with van der Waals surface area (Å²) in [6, 6.07) is 6.42. The Hall–Kier alpha value is -1.89. The third-order valence-corrected chi connectivity index (χ3v) is 5.09. The number of benzene rings is 1. The first kappa shape index (κ1) is 17.0. The molecular formula is C17H19BrN2O4. The molecule has 2 aliphatic rings. The molecule has 7 heteroatoms. The Labute approximate surface area is 148 Å². The maximum absolute atomic E-state index is 12.8. The van der Waals surface area contributed by atoms with Gasteiger partial charge in [-0.05, 0) is 44.4 Å². The molecule has 2 fully saturated rings. The van der Waals surface area contributed by atoms with E-state index in [1.807, 2.05) is 24.3 Å². The minimum Gasteiger partial charge on any atom is -0.480 e. The topological polar surface area (TPSA) is 77.9 Å². The normalized spacial score (nSPS) is 21.7. The first-order chi connectivity index (χ1) is 11.4. The number of carboxylic acid groups (broad SMARTS) is 1. The minimum absolute atomic E-state index is 0.0451. The number of carbonyl (C=O) groups is 3. The van der Waals surface area contributed by atoms with E-state index in [1.54, 1.807) is 4.90 Å². The first-order valence-corrected chi connectivity index (χ1v) is 8.81. The van der Waals surface area contributed by atoms with Crippen molar-refractivity contribution in [2.24, 2.45) is 5.92 Å². The molecule has 2 unspecified atom stereocenters. The molecule has 0 radical (unpaired) electrons. The summed E-state index contributed by atoms with van der Waals surface area (Å²) in [4.78, 5) is 39.8. The van der Waals surface area contributed by atoms with E-state index in [0.29, 0.717) is 13.0 Å². The van der Waals surface area contributed by atoms with Crippen LogP contribution in [0.25, 0.3) is 0 Å². The average molecular weight is 395 g/mol. The number of hydrogen-bond donors (Lipinski definition) is 1. The Bertz CT molecular complexity index is 689. The SMILES string of the molecule is CC(C(=O)O)N(C(=O)C1CCN(c2cccc(Br)c2)C1=O)C1CC1. The third kappa shape index (κ3) is 3.17. The van der Waals surface area contributed by atoms with Gasteiger partial charge in [0.05, 0.1) is 0 Å². The second kappa shape index (κ2) is 6.55. The number of amides is 2. The molecule has 24 heavy (non-hydrogen) atoms. The molecule has 1 aliphatic carbocycles. The highest BCUT2D eigenvalue weighted by molar-refractivity contribution is 9.10. The number of carboxylic acids is 1. The molecule has 2 atom stereocenters. The van der Waals surface area contributed by atoms with Crippen molar-refractivity contribution < 1.29 is 19.5 Å². The van der Waals surface area contributed by atoms with Crippen LogP contribution in [0.1, 0.15) is 26.2 Å². The fourth-order valence-electron chi connectivity index (χ4n) is 3.15. The van der Waals surface area contributed by atoms with E-state index in [1.165, 1.54) is 11.8 Å². The lowest BCUT2D eigenvalue weighted by molar-refractivity contribution is -0.153. The van der Waals surface area contributed by atoms with Gasteiger partial charge >= 0.3 is 5.97 Å². The van der Waals surface area contributed by atoms with E-state index < -0.39 is 17.9 Å². The van der Waals surface area contributed by atoms with Crippen molar-refractivity contribution in [3.8, 4) is 0 Å². The van der Waals surface area contributed by atoms with Crippen LogP contribution in [0.2, 0.25) is 0 Å². The highest BCUT2D eigenvalue weighted by atomic mass is 79.9. The molecule has 3 rings (SSSR count). The van der Waals surface area contributed by atoms with Gasteiger partial charge in [-0.1, -0.05) is 22.0 Å². The van der Waals surface area contributed by atoms with Gasteiger partial charge < -0.3 is 14.9 Å². The van der Waals surface area contributed by atoms with Gasteiger partial charge in [-0.2, -0.15) is 0 Å². The van der Waals surface area contributed by atoms with Crippen molar-refractivity contribution in [3.63, 3.8) is 0 Å². The van der Waals surface area contributed by atoms with E-state index in [0.717, 1.165) is 23.0 Å². The predicted molar refractivity (Wildman–Crippen MR) is 91.6 cm³/mol. The Kier molecular flexibility index (Phi) is 4.62. The highest BCUT2D eigenvalue weighted by Gasteiger charge is 2.46. The highest BCUT2D eigenvalue weighted by Crippen LogP contribution is 2.34. The van der Waals surface area contributed by atoms with Crippen LogP contribution in [-0.4, -0.2) is 46.4 Å². The van der Waals surface area contributed by atoms with E-state index >= 15 is 0 Å². The van der Waals surface area contributed by atoms with E-state index in [2.05, 4.69) is 15.9 Å². The van der Waals surface area contributed by atoms with Crippen molar-refractivity contribution in [2.45, 2.75) is 38.3 Å². The molecule has 1 aromatic rings. The maximum atomic E-state index is 12.8. The molecule has 2 amide bonds. The number of halogens is 1. The van der Waals surface area contributed by atoms with Crippen LogP contribution < -0.4 is 4.90 Å². The van der Waals surface area contributed by atoms with Gasteiger partial charge in [-0.3, -0.25) is 9.59 Å². The lowest BCUT2D eigenvalue weighted by Crippen LogP contribution is -2.48. The maximum Gasteiger partial charge on any atom is 0.326 e. The number of aliphatic carboxylic acids is 1. The van der Waals surface area contributed by atoms with Crippen LogP contribution in [0.15, 0.2) is 28.7 Å². The van der Waals surface area contributed by atoms with Gasteiger partial charge in [0.2, 0.25) is 11.8 Å². The van der Waals surface area contributed by atoms with Gasteiger partial charge in [0.15, 0.2) is 0 Å². The summed E-state index contributed by atoms with van der Waals surface area (Å²) in [5.74, 6) is -2.42. The molecule has 0 spiro atoms. The zero-order valence-electron chi connectivity index (χ0n) is 13.3. The van der Waals surface area contributed by atoms with Gasteiger partial charge in [0.1, 0.15) is 12.0 Å². The van der Waals surface area contributed by atoms with Crippen LogP contribution in [0.3, 0.4) is 0 Å². The summed E-state index contributed by atoms with van der Waals surface area (Å²) in [6.07, 6.45) is 2.03. The van der Waals surface area contributed by atoms with Crippen LogP contribution in [-0.2, 0) is 14.4 Å². The van der Waals surface area contributed by atoms with Gasteiger partial charge in [0.25, 0.3) is 0 Å². The molecule has 0 bridgehead atoms. The molecule has 128 valence electrons. The summed E-state index contributed by atoms with van der Waals surface area (Å²) in [7, 11) is 0. The van der Waals surface area contributed by atoms with Crippen molar-refractivity contribution >= 4 is 39.4 Å². The molecule has 1 saturated heterocycles. The fraction of sp³-hybridized carbons (Fsp3) is 0.471. The molecule has 1 aromatic carbocycles. The third-order valence-electron chi connectivity index (χ3n) is 4.59. The van der Waals surface area contributed by atoms with E-state index in [4.69, 9.17) is 0 Å². The second-order valence-corrected chi connectivity index (χ2v) is 7.22. The Morgan fingerprint density at radius 2 is 2.04 bits per heavy atom. The summed E-state index contributed by atoms with van der Waals surface area (Å²) in [6.45, 7) is 1.97. The van der Waals surface area contributed by atoms with Gasteiger partial charge in [-0.25, -0.2) is 4.79 Å². The summed E-state index contributed by atoms with van der Waals surface area (Å²) < 4.78 is 0.863. The lowest BCUT2D eigenvalue weighted by Gasteiger charge is -2.28. The van der Waals surface area contributed by atoms with Crippen molar-refractivity contribution in [3.05, 3.63) is 28.7 Å². The van der Waals surface area contributed by atoms with Crippen molar-refractivity contribution in [2.75, 3.05) is 11.4 Å². The largest absolute Gasteiger partial charge is 0.480 e. The molecule has 1 saturated carbocycles. The lowest BCUT2D eigenvalue weighted by atomic mass is 10.1. The molecule has 0 aromatic heterocycles. The Morgan fingerprint density at radius 1 is 1.33 bits per heavy atom. The monoisotopic (exact) mass is 394 g/mol. The smallest absolute Gasteiger partial charge is 0.326 e. The molecule has 1 N–H and O–H groups in total. The summed E-state index contributed by atoms with van der Waals surface area (Å²) in [5.41, 5.74) is 0.744. The summed E-state index contributed by atoms with van der Waals surface area (Å²) >= 11 is 3.38. The predicted octanol–water partition coefficient (Wildman–Crippen LogP) is 2.27. The van der Waals surface area contributed by atoms with E-state index in [9.17, 15) is 19.5 Å². The van der Waals surface area contributed by atoms with Crippen LogP contribution in [0.4, 0.5) is 5.69 Å². The van der Waals surface area contributed by atoms with Crippen LogP contribution >= 0.6 is 15.9 Å². The van der Waals surface area contributed by atoms with E-state index in [-0.39, 0.29) is 17.9 Å². The molecule has 1 heterocycles. The zero-order chi connectivity index (χ0) is 17.4. The fourth-order valence-corrected chi connectivity index (χ4v) is 3.54. The van der Waals surface area contributed by atoms with Gasteiger partial charge in [-0.15, -0.1) is 0 Å². The number of nitrogens with zero attached hydrogens (tertiary/aromatic N) is 2. The average Bonchev–Trinajstić information content (AvgIpc) is 3.28. The molecular weight excluding hydrogens is 376 g/mol. The Morgan fingerprint density at radius 3 is 2.62 bits per heavy atom. The number of anilines is 1. The second-order valence-electron chi connectivity index (χ2n) is 6.30. The number of rotatable bonds is 5.